The summed E-state index contributed by atoms with van der Waals surface area (Å²) in [6.07, 6.45) is 65.9. The lowest BCUT2D eigenvalue weighted by molar-refractivity contribution is -0.163. The molecule has 0 N–H and O–H groups in total. The molecule has 0 radical (unpaired) electrons. The van der Waals surface area contributed by atoms with E-state index in [2.05, 4.69) is 106 Å². The third kappa shape index (κ3) is 47.8. The number of carbonyl (C=O) groups is 2. The molecule has 5 nitrogen and oxygen atoms in total. The molecule has 0 aromatic carbocycles. The van der Waals surface area contributed by atoms with Crippen molar-refractivity contribution < 1.29 is 23.8 Å². The molecule has 0 aliphatic heterocycles. The highest BCUT2D eigenvalue weighted by Gasteiger charge is 2.17. The standard InChI is InChI=1S/C55H94O5/c1-4-7-10-13-16-19-22-25-26-27-28-29-30-32-33-36-39-42-45-48-54(56)59-52-53(51-58-50-47-44-41-38-35-24-21-18-15-12-9-6-3)60-55(57)49-46-43-40-37-34-31-23-20-17-14-11-8-5-2/h7-8,10-11,16-17,19-20,25-26,28-29,31,34,53H,4-6,9,12-15,18,21-24,27,30,32-33,35-52H2,1-3H3/b10-7-,11-8-,19-16-,20-17-,26-25-,29-28-,34-31-. The normalized spacial score (nSPS) is 12.9. The molecule has 0 saturated heterocycles. The van der Waals surface area contributed by atoms with E-state index in [1.807, 2.05) is 0 Å². The number of unbranched alkanes of at least 4 members (excludes halogenated alkanes) is 20. The maximum atomic E-state index is 12.8. The maximum absolute atomic E-state index is 12.8. The molecule has 1 unspecified atom stereocenters. The van der Waals surface area contributed by atoms with Gasteiger partial charge < -0.3 is 14.2 Å². The molecule has 0 aromatic heterocycles. The van der Waals surface area contributed by atoms with Crippen molar-refractivity contribution in [2.45, 2.75) is 232 Å². The molecule has 0 aliphatic carbocycles. The van der Waals surface area contributed by atoms with Crippen LogP contribution in [0.25, 0.3) is 0 Å². The summed E-state index contributed by atoms with van der Waals surface area (Å²) in [5.41, 5.74) is 0. The van der Waals surface area contributed by atoms with Crippen molar-refractivity contribution in [2.75, 3.05) is 19.8 Å². The number of allylic oxidation sites excluding steroid dienone is 14. The van der Waals surface area contributed by atoms with Crippen LogP contribution in [0.5, 0.6) is 0 Å². The summed E-state index contributed by atoms with van der Waals surface area (Å²) < 4.78 is 17.3. The summed E-state index contributed by atoms with van der Waals surface area (Å²) >= 11 is 0. The maximum Gasteiger partial charge on any atom is 0.306 e. The fourth-order valence-electron chi connectivity index (χ4n) is 6.75. The average Bonchev–Trinajstić information content (AvgIpc) is 3.25. The van der Waals surface area contributed by atoms with Crippen LogP contribution in [0.3, 0.4) is 0 Å². The van der Waals surface area contributed by atoms with Gasteiger partial charge in [-0.25, -0.2) is 0 Å². The molecule has 0 aliphatic rings. The predicted molar refractivity (Wildman–Crippen MR) is 260 cm³/mol. The summed E-state index contributed by atoms with van der Waals surface area (Å²) in [5.74, 6) is -0.446. The Morgan fingerprint density at radius 2 is 0.750 bits per heavy atom. The van der Waals surface area contributed by atoms with Crippen LogP contribution in [-0.2, 0) is 23.8 Å². The lowest BCUT2D eigenvalue weighted by Crippen LogP contribution is -2.30. The molecule has 344 valence electrons. The number of ether oxygens (including phenoxy) is 3. The second kappa shape index (κ2) is 50.4. The molecule has 0 spiro atoms. The first-order valence-corrected chi connectivity index (χ1v) is 25.1. The van der Waals surface area contributed by atoms with Gasteiger partial charge in [0.05, 0.1) is 6.61 Å². The summed E-state index contributed by atoms with van der Waals surface area (Å²) in [7, 11) is 0. The molecule has 0 aromatic rings. The number of rotatable bonds is 45. The first kappa shape index (κ1) is 57.1. The number of hydrogen-bond acceptors (Lipinski definition) is 5. The molecule has 0 bridgehead atoms. The van der Waals surface area contributed by atoms with Crippen LogP contribution in [0.2, 0.25) is 0 Å². The number of esters is 2. The Morgan fingerprint density at radius 3 is 1.22 bits per heavy atom. The molecular formula is C55H94O5. The zero-order valence-electron chi connectivity index (χ0n) is 39.5. The van der Waals surface area contributed by atoms with Crippen molar-refractivity contribution in [1.82, 2.24) is 0 Å². The van der Waals surface area contributed by atoms with Gasteiger partial charge in [-0.15, -0.1) is 0 Å². The smallest absolute Gasteiger partial charge is 0.306 e. The first-order chi connectivity index (χ1) is 29.6. The fourth-order valence-corrected chi connectivity index (χ4v) is 6.75. The number of carbonyl (C=O) groups excluding carboxylic acids is 2. The van der Waals surface area contributed by atoms with Crippen LogP contribution < -0.4 is 0 Å². The third-order valence-corrected chi connectivity index (χ3v) is 10.4. The largest absolute Gasteiger partial charge is 0.462 e. The van der Waals surface area contributed by atoms with Crippen molar-refractivity contribution in [1.29, 1.82) is 0 Å². The summed E-state index contributed by atoms with van der Waals surface area (Å²) in [4.78, 5) is 25.3. The van der Waals surface area contributed by atoms with Gasteiger partial charge in [0.2, 0.25) is 0 Å². The van der Waals surface area contributed by atoms with E-state index in [1.54, 1.807) is 0 Å². The van der Waals surface area contributed by atoms with E-state index >= 15 is 0 Å². The first-order valence-electron chi connectivity index (χ1n) is 25.1. The molecular weight excluding hydrogens is 741 g/mol. The Kier molecular flexibility index (Phi) is 48.0. The van der Waals surface area contributed by atoms with Crippen molar-refractivity contribution >= 4 is 11.9 Å². The fraction of sp³-hybridized carbons (Fsp3) is 0.709. The van der Waals surface area contributed by atoms with E-state index < -0.39 is 6.10 Å². The summed E-state index contributed by atoms with van der Waals surface area (Å²) in [6, 6.07) is 0. The van der Waals surface area contributed by atoms with E-state index in [-0.39, 0.29) is 25.2 Å². The van der Waals surface area contributed by atoms with E-state index in [1.165, 1.54) is 83.5 Å². The molecule has 0 saturated carbocycles. The van der Waals surface area contributed by atoms with Gasteiger partial charge >= 0.3 is 11.9 Å². The Morgan fingerprint density at radius 1 is 0.383 bits per heavy atom. The quantitative estimate of drug-likeness (QED) is 0.0347. The Hall–Kier alpha value is -2.92. The van der Waals surface area contributed by atoms with Crippen molar-refractivity contribution in [3.8, 4) is 0 Å². The molecule has 5 heteroatoms. The van der Waals surface area contributed by atoms with E-state index in [4.69, 9.17) is 14.2 Å². The van der Waals surface area contributed by atoms with Crippen LogP contribution in [0.15, 0.2) is 85.1 Å². The molecule has 0 rings (SSSR count). The van der Waals surface area contributed by atoms with Crippen molar-refractivity contribution in [2.24, 2.45) is 0 Å². The van der Waals surface area contributed by atoms with Gasteiger partial charge in [0.1, 0.15) is 6.61 Å². The average molecular weight is 835 g/mol. The molecule has 60 heavy (non-hydrogen) atoms. The van der Waals surface area contributed by atoms with Crippen molar-refractivity contribution in [3.63, 3.8) is 0 Å². The molecule has 0 heterocycles. The van der Waals surface area contributed by atoms with Gasteiger partial charge in [0, 0.05) is 19.4 Å². The zero-order chi connectivity index (χ0) is 43.5. The van der Waals surface area contributed by atoms with Crippen molar-refractivity contribution in [3.05, 3.63) is 85.1 Å². The Bertz CT molecular complexity index is 1130. The lowest BCUT2D eigenvalue weighted by Gasteiger charge is -2.18. The molecule has 1 atom stereocenters. The Labute approximate surface area is 371 Å². The van der Waals surface area contributed by atoms with E-state index in [9.17, 15) is 9.59 Å². The third-order valence-electron chi connectivity index (χ3n) is 10.4. The lowest BCUT2D eigenvalue weighted by atomic mass is 10.1. The second-order valence-electron chi connectivity index (χ2n) is 16.3. The SMILES string of the molecule is CC/C=C\C/C=C\C/C=C\C/C=C\CCCCCCCCC(=O)OCC(COCCCCCCCCCCCCCC)OC(=O)CCCCC/C=C\C/C=C\C/C=C\CC. The second-order valence-corrected chi connectivity index (χ2v) is 16.3. The van der Waals surface area contributed by atoms with Gasteiger partial charge in [0.15, 0.2) is 6.10 Å². The Balaban J connectivity index is 4.30. The van der Waals surface area contributed by atoms with Gasteiger partial charge in [0.25, 0.3) is 0 Å². The van der Waals surface area contributed by atoms with E-state index in [0.717, 1.165) is 109 Å². The molecule has 0 fully saturated rings. The minimum Gasteiger partial charge on any atom is -0.462 e. The summed E-state index contributed by atoms with van der Waals surface area (Å²) in [6.45, 7) is 7.56. The summed E-state index contributed by atoms with van der Waals surface area (Å²) in [5, 5.41) is 0. The van der Waals surface area contributed by atoms with E-state index in [0.29, 0.717) is 19.4 Å². The topological polar surface area (TPSA) is 61.8 Å². The highest BCUT2D eigenvalue weighted by molar-refractivity contribution is 5.70. The zero-order valence-corrected chi connectivity index (χ0v) is 39.5. The van der Waals surface area contributed by atoms with Gasteiger partial charge in [-0.3, -0.25) is 9.59 Å². The highest BCUT2D eigenvalue weighted by Crippen LogP contribution is 2.14. The molecule has 0 amide bonds. The minimum absolute atomic E-state index is 0.0639. The minimum atomic E-state index is -0.558. The highest BCUT2D eigenvalue weighted by atomic mass is 16.6. The monoisotopic (exact) mass is 835 g/mol. The van der Waals surface area contributed by atoms with Gasteiger partial charge in [-0.05, 0) is 89.9 Å². The van der Waals surface area contributed by atoms with Crippen LogP contribution in [0, 0.1) is 0 Å². The van der Waals surface area contributed by atoms with Gasteiger partial charge in [-0.2, -0.15) is 0 Å². The van der Waals surface area contributed by atoms with Crippen LogP contribution >= 0.6 is 0 Å². The van der Waals surface area contributed by atoms with Gasteiger partial charge in [-0.1, -0.05) is 209 Å². The van der Waals surface area contributed by atoms with Crippen LogP contribution in [0.4, 0.5) is 0 Å². The van der Waals surface area contributed by atoms with Crippen LogP contribution in [0.1, 0.15) is 226 Å². The van der Waals surface area contributed by atoms with Crippen LogP contribution in [-0.4, -0.2) is 37.9 Å². The predicted octanol–water partition coefficient (Wildman–Crippen LogP) is 16.9. The number of hydrogen-bond donors (Lipinski definition) is 0.